The summed E-state index contributed by atoms with van der Waals surface area (Å²) in [5.41, 5.74) is 4.77. The van der Waals surface area contributed by atoms with Crippen LogP contribution in [0.2, 0.25) is 0 Å². The topological polar surface area (TPSA) is 153 Å². The molecule has 0 fully saturated rings. The molecule has 0 saturated carbocycles. The Balaban J connectivity index is 1.22. The van der Waals surface area contributed by atoms with Gasteiger partial charge in [0.1, 0.15) is 17.1 Å². The third kappa shape index (κ3) is 10.6. The molecule has 7 aromatic carbocycles. The molecule has 294 valence electrons. The normalized spacial score (nSPS) is 11.2. The highest BCUT2D eigenvalue weighted by molar-refractivity contribution is 6.02. The molecule has 7 rings (SSSR count). The number of ether oxygens (including phenoxy) is 3. The van der Waals surface area contributed by atoms with Crippen LogP contribution in [0, 0.1) is 20.8 Å². The van der Waals surface area contributed by atoms with Gasteiger partial charge in [-0.05, 0) is 128 Å². The summed E-state index contributed by atoms with van der Waals surface area (Å²) in [7, 11) is 0. The Labute approximate surface area is 345 Å². The minimum absolute atomic E-state index is 0.100. The molecule has 0 saturated heterocycles. The van der Waals surface area contributed by atoms with Crippen LogP contribution < -0.4 is 14.2 Å². The predicted octanol–water partition coefficient (Wildman–Crippen LogP) is 13.5. The van der Waals surface area contributed by atoms with Gasteiger partial charge in [-0.2, -0.15) is 15.3 Å². The molecule has 0 aliphatic heterocycles. The summed E-state index contributed by atoms with van der Waals surface area (Å²) in [6.45, 7) is 5.60. The minimum Gasteiger partial charge on any atom is -0.421 e. The second-order valence-electron chi connectivity index (χ2n) is 13.5. The third-order valence-corrected chi connectivity index (χ3v) is 8.68. The molecule has 0 amide bonds. The highest BCUT2D eigenvalue weighted by atomic mass is 16.5. The van der Waals surface area contributed by atoms with E-state index in [0.717, 1.165) is 16.7 Å². The Morgan fingerprint density at radius 1 is 0.333 bits per heavy atom. The highest BCUT2D eigenvalue weighted by Crippen LogP contribution is 2.34. The van der Waals surface area contributed by atoms with Gasteiger partial charge in [0.05, 0.1) is 33.8 Å². The number of azo groups is 3. The smallest absolute Gasteiger partial charge is 0.343 e. The molecule has 0 aliphatic rings. The van der Waals surface area contributed by atoms with Crippen LogP contribution in [-0.2, 0) is 0 Å². The number of carbonyl (C=O) groups is 3. The molecule has 0 aromatic heterocycles. The molecule has 0 unspecified atom stereocenters. The fourth-order valence-corrected chi connectivity index (χ4v) is 5.65. The number of rotatable bonds is 12. The molecule has 0 heterocycles. The van der Waals surface area contributed by atoms with Gasteiger partial charge in [-0.1, -0.05) is 72.8 Å². The predicted molar refractivity (Wildman–Crippen MR) is 227 cm³/mol. The SMILES string of the molecule is Cc1ccc(OC(=O)c2cc(C(=O)Oc3ccc(C)cc3/N=N/c3ccccc3)cc(C(=O)Oc3ccc(C)cc3/N=N/c3ccccc3)c2)c(/N=N/c2ccccc2)c1. The van der Waals surface area contributed by atoms with Gasteiger partial charge in [0.15, 0.2) is 17.2 Å². The summed E-state index contributed by atoms with van der Waals surface area (Å²) < 4.78 is 17.5. The van der Waals surface area contributed by atoms with E-state index in [2.05, 4.69) is 30.7 Å². The van der Waals surface area contributed by atoms with E-state index in [1.807, 2.05) is 75.4 Å². The molecule has 60 heavy (non-hydrogen) atoms. The van der Waals surface area contributed by atoms with Crippen molar-refractivity contribution in [3.63, 3.8) is 0 Å². The van der Waals surface area contributed by atoms with Crippen molar-refractivity contribution >= 4 is 52.0 Å². The van der Waals surface area contributed by atoms with Crippen LogP contribution in [0.25, 0.3) is 0 Å². The monoisotopic (exact) mass is 792 g/mol. The molecule has 0 spiro atoms. The number of nitrogens with zero attached hydrogens (tertiary/aromatic N) is 6. The Morgan fingerprint density at radius 3 is 0.867 bits per heavy atom. The number of hydrogen-bond acceptors (Lipinski definition) is 12. The standard InChI is InChI=1S/C48H36N6O6/c1-31-19-22-43(40(25-31)52-49-37-13-7-4-8-14-37)58-46(55)34-28-35(47(56)59-44-23-20-32(2)26-41(44)53-50-38-15-9-5-10-16-38)30-36(29-34)48(57)60-45-24-21-33(3)27-42(45)54-51-39-17-11-6-12-18-39/h4-30H,1-3H3/b52-49+,53-50+,54-51+. The van der Waals surface area contributed by atoms with Crippen LogP contribution in [0.3, 0.4) is 0 Å². The lowest BCUT2D eigenvalue weighted by Gasteiger charge is -2.12. The van der Waals surface area contributed by atoms with Crippen LogP contribution in [0.5, 0.6) is 17.2 Å². The number of carbonyl (C=O) groups excluding carboxylic acids is 3. The molecule has 7 aromatic rings. The van der Waals surface area contributed by atoms with Gasteiger partial charge in [0.2, 0.25) is 0 Å². The van der Waals surface area contributed by atoms with E-state index in [1.54, 1.807) is 91.0 Å². The van der Waals surface area contributed by atoms with E-state index < -0.39 is 17.9 Å². The molecule has 0 N–H and O–H groups in total. The zero-order valence-electron chi connectivity index (χ0n) is 32.7. The summed E-state index contributed by atoms with van der Waals surface area (Å²) in [4.78, 5) is 41.9. The number of hydrogen-bond donors (Lipinski definition) is 0. The molecule has 0 bridgehead atoms. The van der Waals surface area contributed by atoms with Crippen LogP contribution in [0.1, 0.15) is 47.8 Å². The van der Waals surface area contributed by atoms with Gasteiger partial charge in [-0.25, -0.2) is 14.4 Å². The first-order valence-electron chi connectivity index (χ1n) is 18.7. The van der Waals surface area contributed by atoms with E-state index in [9.17, 15) is 14.4 Å². The Kier molecular flexibility index (Phi) is 12.5. The first-order valence-corrected chi connectivity index (χ1v) is 18.7. The van der Waals surface area contributed by atoms with Gasteiger partial charge >= 0.3 is 17.9 Å². The highest BCUT2D eigenvalue weighted by Gasteiger charge is 2.23. The Hall–Kier alpha value is -8.25. The van der Waals surface area contributed by atoms with Crippen LogP contribution >= 0.6 is 0 Å². The Bertz CT molecular complexity index is 2460. The summed E-state index contributed by atoms with van der Waals surface area (Å²) in [5.74, 6) is -2.37. The molecule has 0 aliphatic carbocycles. The average molecular weight is 793 g/mol. The van der Waals surface area contributed by atoms with Crippen LogP contribution in [0.15, 0.2) is 194 Å². The fourth-order valence-electron chi connectivity index (χ4n) is 5.65. The largest absolute Gasteiger partial charge is 0.421 e. The summed E-state index contributed by atoms with van der Waals surface area (Å²) in [6, 6.07) is 46.3. The maximum absolute atomic E-state index is 14.0. The van der Waals surface area contributed by atoms with Gasteiger partial charge in [-0.15, -0.1) is 15.3 Å². The zero-order chi connectivity index (χ0) is 41.8. The van der Waals surface area contributed by atoms with Crippen molar-refractivity contribution in [2.45, 2.75) is 20.8 Å². The van der Waals surface area contributed by atoms with Gasteiger partial charge < -0.3 is 14.2 Å². The third-order valence-electron chi connectivity index (χ3n) is 8.68. The lowest BCUT2D eigenvalue weighted by molar-refractivity contribution is 0.0735. The van der Waals surface area contributed by atoms with Gasteiger partial charge in [0.25, 0.3) is 0 Å². The minimum atomic E-state index is -0.890. The lowest BCUT2D eigenvalue weighted by atomic mass is 10.1. The molecule has 0 radical (unpaired) electrons. The van der Waals surface area contributed by atoms with E-state index in [0.29, 0.717) is 17.1 Å². The summed E-state index contributed by atoms with van der Waals surface area (Å²) >= 11 is 0. The van der Waals surface area contributed by atoms with Crippen molar-refractivity contribution in [2.75, 3.05) is 0 Å². The molecule has 12 heteroatoms. The van der Waals surface area contributed by atoms with Crippen molar-refractivity contribution in [3.8, 4) is 17.2 Å². The summed E-state index contributed by atoms with van der Waals surface area (Å²) in [5, 5.41) is 25.8. The lowest BCUT2D eigenvalue weighted by Crippen LogP contribution is -2.17. The van der Waals surface area contributed by atoms with E-state index in [-0.39, 0.29) is 51.0 Å². The van der Waals surface area contributed by atoms with Gasteiger partial charge in [-0.3, -0.25) is 0 Å². The van der Waals surface area contributed by atoms with E-state index in [4.69, 9.17) is 14.2 Å². The number of esters is 3. The summed E-state index contributed by atoms with van der Waals surface area (Å²) in [6.07, 6.45) is 0. The molecular formula is C48H36N6O6. The second-order valence-corrected chi connectivity index (χ2v) is 13.5. The maximum Gasteiger partial charge on any atom is 0.343 e. The molecular weight excluding hydrogens is 757 g/mol. The van der Waals surface area contributed by atoms with Crippen LogP contribution in [-0.4, -0.2) is 17.9 Å². The fraction of sp³-hybridized carbons (Fsp3) is 0.0625. The molecule has 0 atom stereocenters. The first-order chi connectivity index (χ1) is 29.2. The van der Waals surface area contributed by atoms with E-state index in [1.165, 1.54) is 18.2 Å². The Morgan fingerprint density at radius 2 is 0.600 bits per heavy atom. The second kappa shape index (κ2) is 18.8. The molecule has 12 nitrogen and oxygen atoms in total. The van der Waals surface area contributed by atoms with Crippen molar-refractivity contribution < 1.29 is 28.6 Å². The van der Waals surface area contributed by atoms with Crippen molar-refractivity contribution in [2.24, 2.45) is 30.7 Å². The number of benzene rings is 7. The average Bonchev–Trinajstić information content (AvgIpc) is 3.27. The number of aryl methyl sites for hydroxylation is 3. The quantitative estimate of drug-likeness (QED) is 0.0682. The zero-order valence-corrected chi connectivity index (χ0v) is 32.7. The van der Waals surface area contributed by atoms with Crippen molar-refractivity contribution in [3.05, 3.63) is 197 Å². The van der Waals surface area contributed by atoms with E-state index >= 15 is 0 Å². The van der Waals surface area contributed by atoms with Crippen molar-refractivity contribution in [1.29, 1.82) is 0 Å². The van der Waals surface area contributed by atoms with Crippen molar-refractivity contribution in [1.82, 2.24) is 0 Å². The maximum atomic E-state index is 14.0. The van der Waals surface area contributed by atoms with Gasteiger partial charge in [0, 0.05) is 0 Å². The van der Waals surface area contributed by atoms with Crippen LogP contribution in [0.4, 0.5) is 34.1 Å². The first kappa shape index (κ1) is 40.0.